The Morgan fingerprint density at radius 3 is 2.36 bits per heavy atom. The van der Waals surface area contributed by atoms with Crippen molar-refractivity contribution < 1.29 is 0 Å². The van der Waals surface area contributed by atoms with Gasteiger partial charge >= 0.3 is 0 Å². The second-order valence-electron chi connectivity index (χ2n) is 7.76. The highest BCUT2D eigenvalue weighted by atomic mass is 15.1. The molecule has 0 N–H and O–H groups in total. The summed E-state index contributed by atoms with van der Waals surface area (Å²) in [6.45, 7) is 7.61. The number of aromatic nitrogens is 2. The Balaban J connectivity index is 1.82. The molecule has 1 fully saturated rings. The Bertz CT molecular complexity index is 875. The van der Waals surface area contributed by atoms with Crippen LogP contribution >= 0.6 is 0 Å². The number of rotatable bonds is 3. The zero-order valence-corrected chi connectivity index (χ0v) is 15.7. The van der Waals surface area contributed by atoms with Crippen LogP contribution in [0.15, 0.2) is 36.4 Å². The van der Waals surface area contributed by atoms with E-state index in [0.717, 1.165) is 12.1 Å². The highest BCUT2D eigenvalue weighted by Gasteiger charge is 2.23. The highest BCUT2D eigenvalue weighted by Crippen LogP contribution is 2.34. The maximum Gasteiger partial charge on any atom is 0.113 e. The van der Waals surface area contributed by atoms with Gasteiger partial charge in [0.15, 0.2) is 0 Å². The molecule has 130 valence electrons. The van der Waals surface area contributed by atoms with Crippen LogP contribution in [0.4, 0.5) is 0 Å². The summed E-state index contributed by atoms with van der Waals surface area (Å²) in [5.74, 6) is 1.92. The van der Waals surface area contributed by atoms with Crippen molar-refractivity contribution >= 4 is 11.0 Å². The fraction of sp³-hybridized carbons (Fsp3) is 0.435. The molecular weight excluding hydrogens is 304 g/mol. The molecule has 0 aliphatic heterocycles. The number of imidazole rings is 1. The first-order valence-electron chi connectivity index (χ1n) is 9.65. The van der Waals surface area contributed by atoms with Crippen molar-refractivity contribution in [1.82, 2.24) is 9.55 Å². The van der Waals surface area contributed by atoms with Crippen LogP contribution in [0.1, 0.15) is 66.1 Å². The maximum absolute atomic E-state index is 5.07. The van der Waals surface area contributed by atoms with Crippen molar-refractivity contribution in [2.75, 3.05) is 0 Å². The molecule has 3 aromatic rings. The first-order chi connectivity index (χ1) is 12.1. The van der Waals surface area contributed by atoms with E-state index in [1.54, 1.807) is 0 Å². The van der Waals surface area contributed by atoms with Crippen molar-refractivity contribution in [2.24, 2.45) is 0 Å². The second kappa shape index (κ2) is 6.67. The van der Waals surface area contributed by atoms with Gasteiger partial charge in [0.05, 0.1) is 11.0 Å². The third kappa shape index (κ3) is 3.10. The Morgan fingerprint density at radius 1 is 0.960 bits per heavy atom. The molecular formula is C23H28N2. The number of para-hydroxylation sites is 2. The fourth-order valence-corrected chi connectivity index (χ4v) is 4.55. The molecule has 0 unspecified atom stereocenters. The van der Waals surface area contributed by atoms with Crippen LogP contribution in [-0.2, 0) is 6.54 Å². The molecule has 2 heteroatoms. The Hall–Kier alpha value is -2.09. The first-order valence-corrected chi connectivity index (χ1v) is 9.65. The Kier molecular flexibility index (Phi) is 4.37. The minimum Gasteiger partial charge on any atom is -0.323 e. The maximum atomic E-state index is 5.07. The summed E-state index contributed by atoms with van der Waals surface area (Å²) in [4.78, 5) is 5.07. The molecule has 1 aliphatic rings. The van der Waals surface area contributed by atoms with Gasteiger partial charge in [-0.1, -0.05) is 49.1 Å². The van der Waals surface area contributed by atoms with Crippen molar-refractivity contribution in [3.63, 3.8) is 0 Å². The predicted octanol–water partition coefficient (Wildman–Crippen LogP) is 6.06. The van der Waals surface area contributed by atoms with Gasteiger partial charge in [0.25, 0.3) is 0 Å². The lowest BCUT2D eigenvalue weighted by Gasteiger charge is -2.23. The van der Waals surface area contributed by atoms with E-state index in [1.807, 2.05) is 0 Å². The molecule has 0 saturated heterocycles. The van der Waals surface area contributed by atoms with Gasteiger partial charge in [-0.2, -0.15) is 0 Å². The quantitative estimate of drug-likeness (QED) is 0.570. The first kappa shape index (κ1) is 16.4. The van der Waals surface area contributed by atoms with E-state index in [-0.39, 0.29) is 0 Å². The molecule has 0 bridgehead atoms. The molecule has 0 amide bonds. The number of hydrogen-bond donors (Lipinski definition) is 0. The van der Waals surface area contributed by atoms with E-state index >= 15 is 0 Å². The van der Waals surface area contributed by atoms with E-state index in [0.29, 0.717) is 5.92 Å². The van der Waals surface area contributed by atoms with Crippen molar-refractivity contribution in [2.45, 2.75) is 65.3 Å². The van der Waals surface area contributed by atoms with Crippen molar-refractivity contribution in [3.8, 4) is 0 Å². The minimum absolute atomic E-state index is 0.618. The molecule has 1 saturated carbocycles. The lowest BCUT2D eigenvalue weighted by molar-refractivity contribution is 0.420. The molecule has 4 rings (SSSR count). The summed E-state index contributed by atoms with van der Waals surface area (Å²) in [6, 6.07) is 13.2. The molecule has 0 spiro atoms. The molecule has 1 heterocycles. The predicted molar refractivity (Wildman–Crippen MR) is 105 cm³/mol. The zero-order valence-electron chi connectivity index (χ0n) is 15.7. The summed E-state index contributed by atoms with van der Waals surface area (Å²) in [6.07, 6.45) is 6.64. The number of fused-ring (bicyclic) bond motifs is 1. The average molecular weight is 332 g/mol. The van der Waals surface area contributed by atoms with Crippen molar-refractivity contribution in [3.05, 3.63) is 64.5 Å². The largest absolute Gasteiger partial charge is 0.323 e. The lowest BCUT2D eigenvalue weighted by atomic mass is 9.88. The van der Waals surface area contributed by atoms with E-state index in [9.17, 15) is 0 Å². The summed E-state index contributed by atoms with van der Waals surface area (Å²) in [5, 5.41) is 0. The fourth-order valence-electron chi connectivity index (χ4n) is 4.55. The van der Waals surface area contributed by atoms with Crippen LogP contribution in [0.2, 0.25) is 0 Å². The number of nitrogens with zero attached hydrogens (tertiary/aromatic N) is 2. The SMILES string of the molecule is Cc1cc(C)c(Cn2c(C3CCCCC3)nc3ccccc32)c(C)c1. The average Bonchev–Trinajstić information content (AvgIpc) is 2.97. The number of benzene rings is 2. The van der Waals surface area contributed by atoms with Gasteiger partial charge in [-0.25, -0.2) is 4.98 Å². The molecule has 1 aliphatic carbocycles. The lowest BCUT2D eigenvalue weighted by Crippen LogP contribution is -2.14. The highest BCUT2D eigenvalue weighted by molar-refractivity contribution is 5.76. The van der Waals surface area contributed by atoms with Gasteiger partial charge in [0, 0.05) is 12.5 Å². The van der Waals surface area contributed by atoms with Gasteiger partial charge in [0.1, 0.15) is 5.82 Å². The Morgan fingerprint density at radius 2 is 1.64 bits per heavy atom. The normalized spacial score (nSPS) is 15.8. The van der Waals surface area contributed by atoms with Gasteiger partial charge in [-0.3, -0.25) is 0 Å². The van der Waals surface area contributed by atoms with Crippen LogP contribution in [0.5, 0.6) is 0 Å². The van der Waals surface area contributed by atoms with E-state index in [1.165, 1.54) is 65.7 Å². The summed E-state index contributed by atoms with van der Waals surface area (Å²) < 4.78 is 2.50. The molecule has 25 heavy (non-hydrogen) atoms. The molecule has 0 radical (unpaired) electrons. The third-order valence-corrected chi connectivity index (χ3v) is 5.81. The molecule has 1 aromatic heterocycles. The standard InChI is InChI=1S/C23H28N2/c1-16-13-17(2)20(18(3)14-16)15-25-22-12-8-7-11-21(22)24-23(25)19-9-5-4-6-10-19/h7-8,11-14,19H,4-6,9-10,15H2,1-3H3. The molecule has 2 nitrogen and oxygen atoms in total. The van der Waals surface area contributed by atoms with E-state index < -0.39 is 0 Å². The number of hydrogen-bond acceptors (Lipinski definition) is 1. The van der Waals surface area contributed by atoms with Gasteiger partial charge in [-0.05, 0) is 62.4 Å². The zero-order chi connectivity index (χ0) is 17.4. The van der Waals surface area contributed by atoms with Crippen LogP contribution in [0.3, 0.4) is 0 Å². The summed E-state index contributed by atoms with van der Waals surface area (Å²) >= 11 is 0. The van der Waals surface area contributed by atoms with E-state index in [4.69, 9.17) is 4.98 Å². The monoisotopic (exact) mass is 332 g/mol. The smallest absolute Gasteiger partial charge is 0.113 e. The minimum atomic E-state index is 0.618. The molecule has 0 atom stereocenters. The van der Waals surface area contributed by atoms with Crippen LogP contribution in [0, 0.1) is 20.8 Å². The molecule has 2 aromatic carbocycles. The van der Waals surface area contributed by atoms with Crippen LogP contribution in [-0.4, -0.2) is 9.55 Å². The second-order valence-corrected chi connectivity index (χ2v) is 7.76. The van der Waals surface area contributed by atoms with E-state index in [2.05, 4.69) is 61.7 Å². The third-order valence-electron chi connectivity index (χ3n) is 5.81. The van der Waals surface area contributed by atoms with Gasteiger partial charge in [-0.15, -0.1) is 0 Å². The van der Waals surface area contributed by atoms with Crippen LogP contribution in [0.25, 0.3) is 11.0 Å². The summed E-state index contributed by atoms with van der Waals surface area (Å²) in [5.41, 5.74) is 8.01. The topological polar surface area (TPSA) is 17.8 Å². The Labute approximate surface area is 150 Å². The van der Waals surface area contributed by atoms with Gasteiger partial charge in [0.2, 0.25) is 0 Å². The van der Waals surface area contributed by atoms with Gasteiger partial charge < -0.3 is 4.57 Å². The summed E-state index contributed by atoms with van der Waals surface area (Å²) in [7, 11) is 0. The van der Waals surface area contributed by atoms with Crippen molar-refractivity contribution in [1.29, 1.82) is 0 Å². The van der Waals surface area contributed by atoms with Crippen LogP contribution < -0.4 is 0 Å². The number of aryl methyl sites for hydroxylation is 3.